The van der Waals surface area contributed by atoms with Gasteiger partial charge in [0.1, 0.15) is 4.90 Å². The number of nitrogens with zero attached hydrogens (tertiary/aromatic N) is 3. The lowest BCUT2D eigenvalue weighted by molar-refractivity contribution is 0.0698. The Kier molecular flexibility index (Phi) is 5.35. The average molecular weight is 470 g/mol. The topological polar surface area (TPSA) is 70.6 Å². The van der Waals surface area contributed by atoms with Crippen molar-refractivity contribution in [1.82, 2.24) is 13.6 Å². The van der Waals surface area contributed by atoms with Gasteiger partial charge in [0, 0.05) is 53.4 Å². The van der Waals surface area contributed by atoms with Crippen LogP contribution in [0.5, 0.6) is 0 Å². The van der Waals surface area contributed by atoms with E-state index < -0.39 is 10.0 Å². The third-order valence-electron chi connectivity index (χ3n) is 5.42. The van der Waals surface area contributed by atoms with Gasteiger partial charge in [-0.2, -0.15) is 4.31 Å². The van der Waals surface area contributed by atoms with E-state index in [-0.39, 0.29) is 19.0 Å². The van der Waals surface area contributed by atoms with Crippen molar-refractivity contribution < 1.29 is 13.2 Å². The molecule has 1 fully saturated rings. The predicted octanol–water partition coefficient (Wildman–Crippen LogP) is 4.17. The zero-order valence-corrected chi connectivity index (χ0v) is 18.9. The maximum Gasteiger partial charge on any atom is 0.253 e. The second-order valence-electron chi connectivity index (χ2n) is 7.25. The number of carbonyl (C=O) groups excluding carboxylic acids is 1. The number of thiophene rings is 1. The number of aromatic nitrogens is 1. The van der Waals surface area contributed by atoms with Gasteiger partial charge in [0.2, 0.25) is 10.0 Å². The first-order valence-electron chi connectivity index (χ1n) is 9.81. The van der Waals surface area contributed by atoms with Crippen LogP contribution in [0.4, 0.5) is 0 Å². The number of rotatable bonds is 4. The van der Waals surface area contributed by atoms with Crippen LogP contribution in [0.3, 0.4) is 0 Å². The van der Waals surface area contributed by atoms with Gasteiger partial charge in [-0.3, -0.25) is 4.79 Å². The number of hydrogen-bond acceptors (Lipinski definition) is 6. The highest BCUT2D eigenvalue weighted by Gasteiger charge is 2.32. The number of benzene rings is 2. The number of hydrogen-bond donors (Lipinski definition) is 0. The zero-order chi connectivity index (χ0) is 21.4. The fourth-order valence-corrected chi connectivity index (χ4v) is 7.26. The van der Waals surface area contributed by atoms with E-state index in [1.54, 1.807) is 22.5 Å². The van der Waals surface area contributed by atoms with Gasteiger partial charge in [0.25, 0.3) is 5.91 Å². The SMILES string of the molecule is O=C(c1cccc(-c2ccns2)c1)N1CCN(S(=O)(=O)c2csc3ccccc23)CC1. The number of carbonyl (C=O) groups is 1. The van der Waals surface area contributed by atoms with Gasteiger partial charge >= 0.3 is 0 Å². The van der Waals surface area contributed by atoms with E-state index in [0.717, 1.165) is 20.5 Å². The van der Waals surface area contributed by atoms with Crippen molar-refractivity contribution in [1.29, 1.82) is 0 Å². The van der Waals surface area contributed by atoms with Gasteiger partial charge in [0.15, 0.2) is 0 Å². The first-order chi connectivity index (χ1) is 15.0. The summed E-state index contributed by atoms with van der Waals surface area (Å²) in [4.78, 5) is 16.1. The first kappa shape index (κ1) is 20.3. The van der Waals surface area contributed by atoms with Crippen molar-refractivity contribution in [3.05, 3.63) is 71.7 Å². The van der Waals surface area contributed by atoms with Crippen LogP contribution in [-0.4, -0.2) is 54.1 Å². The van der Waals surface area contributed by atoms with Crippen LogP contribution in [0.1, 0.15) is 10.4 Å². The number of amides is 1. The highest BCUT2D eigenvalue weighted by molar-refractivity contribution is 7.89. The molecule has 5 rings (SSSR count). The maximum atomic E-state index is 13.2. The van der Waals surface area contributed by atoms with Crippen LogP contribution in [0, 0.1) is 0 Å². The van der Waals surface area contributed by atoms with E-state index in [1.807, 2.05) is 48.5 Å². The lowest BCUT2D eigenvalue weighted by Crippen LogP contribution is -2.50. The smallest absolute Gasteiger partial charge is 0.253 e. The highest BCUT2D eigenvalue weighted by Crippen LogP contribution is 2.32. The fraction of sp³-hybridized carbons (Fsp3) is 0.182. The molecule has 158 valence electrons. The lowest BCUT2D eigenvalue weighted by Gasteiger charge is -2.34. The van der Waals surface area contributed by atoms with Gasteiger partial charge in [-0.05, 0) is 41.4 Å². The summed E-state index contributed by atoms with van der Waals surface area (Å²) in [5.74, 6) is -0.0793. The number of fused-ring (bicyclic) bond motifs is 1. The molecule has 2 aromatic heterocycles. The molecule has 2 aromatic carbocycles. The van der Waals surface area contributed by atoms with Crippen molar-refractivity contribution >= 4 is 48.9 Å². The zero-order valence-electron chi connectivity index (χ0n) is 16.5. The van der Waals surface area contributed by atoms with Gasteiger partial charge in [0.05, 0.1) is 4.88 Å². The van der Waals surface area contributed by atoms with Gasteiger partial charge in [-0.1, -0.05) is 30.3 Å². The molecule has 0 aliphatic carbocycles. The Hall–Kier alpha value is -2.59. The van der Waals surface area contributed by atoms with Gasteiger partial charge in [-0.25, -0.2) is 12.8 Å². The minimum atomic E-state index is -3.60. The van der Waals surface area contributed by atoms with Crippen molar-refractivity contribution in [2.24, 2.45) is 0 Å². The molecular weight excluding hydrogens is 450 g/mol. The summed E-state index contributed by atoms with van der Waals surface area (Å²) < 4.78 is 33.0. The Morgan fingerprint density at radius 3 is 2.55 bits per heavy atom. The van der Waals surface area contributed by atoms with E-state index >= 15 is 0 Å². The summed E-state index contributed by atoms with van der Waals surface area (Å²) in [6.07, 6.45) is 1.74. The minimum Gasteiger partial charge on any atom is -0.336 e. The predicted molar refractivity (Wildman–Crippen MR) is 124 cm³/mol. The van der Waals surface area contributed by atoms with Crippen LogP contribution < -0.4 is 0 Å². The van der Waals surface area contributed by atoms with Crippen molar-refractivity contribution in [3.8, 4) is 10.4 Å². The second-order valence-corrected chi connectivity index (χ2v) is 10.9. The van der Waals surface area contributed by atoms with Gasteiger partial charge in [-0.15, -0.1) is 11.3 Å². The number of sulfonamides is 1. The van der Waals surface area contributed by atoms with Crippen molar-refractivity contribution in [2.75, 3.05) is 26.2 Å². The minimum absolute atomic E-state index is 0.0793. The van der Waals surface area contributed by atoms with E-state index in [9.17, 15) is 13.2 Å². The van der Waals surface area contributed by atoms with Crippen LogP contribution in [0.2, 0.25) is 0 Å². The molecule has 0 unspecified atom stereocenters. The Morgan fingerprint density at radius 1 is 0.968 bits per heavy atom. The molecule has 3 heterocycles. The standard InChI is InChI=1S/C22H19N3O3S3/c26-22(17-5-3-4-16(14-17)19-8-9-23-30-19)24-10-12-25(13-11-24)31(27,28)21-15-29-20-7-2-1-6-18(20)21/h1-9,14-15H,10-13H2. The van der Waals surface area contributed by atoms with Crippen LogP contribution in [0.25, 0.3) is 20.5 Å². The largest absolute Gasteiger partial charge is 0.336 e. The molecule has 9 heteroatoms. The Balaban J connectivity index is 1.31. The van der Waals surface area contributed by atoms with Crippen LogP contribution in [0.15, 0.2) is 71.1 Å². The molecule has 0 atom stereocenters. The first-order valence-corrected chi connectivity index (χ1v) is 12.9. The normalized spacial score (nSPS) is 15.4. The second kappa shape index (κ2) is 8.16. The maximum absolute atomic E-state index is 13.2. The molecule has 31 heavy (non-hydrogen) atoms. The summed E-state index contributed by atoms with van der Waals surface area (Å²) in [5.41, 5.74) is 1.56. The third-order valence-corrected chi connectivity index (χ3v) is 9.27. The van der Waals surface area contributed by atoms with Crippen LogP contribution in [-0.2, 0) is 10.0 Å². The molecule has 1 amide bonds. The quantitative estimate of drug-likeness (QED) is 0.450. The molecule has 1 saturated heterocycles. The highest BCUT2D eigenvalue weighted by atomic mass is 32.2. The molecule has 1 aliphatic heterocycles. The van der Waals surface area contributed by atoms with Crippen molar-refractivity contribution in [3.63, 3.8) is 0 Å². The van der Waals surface area contributed by atoms with E-state index in [2.05, 4.69) is 4.37 Å². The Labute approximate surface area is 188 Å². The molecule has 0 spiro atoms. The van der Waals surface area contributed by atoms with Gasteiger partial charge < -0.3 is 4.90 Å². The molecule has 0 N–H and O–H groups in total. The molecule has 6 nitrogen and oxygen atoms in total. The molecule has 1 aliphatic rings. The molecule has 0 radical (unpaired) electrons. The van der Waals surface area contributed by atoms with E-state index in [1.165, 1.54) is 27.2 Å². The molecule has 0 saturated carbocycles. The van der Waals surface area contributed by atoms with Crippen molar-refractivity contribution in [2.45, 2.75) is 4.90 Å². The summed E-state index contributed by atoms with van der Waals surface area (Å²) >= 11 is 2.82. The third kappa shape index (κ3) is 3.78. The Bertz CT molecular complexity index is 1340. The van der Waals surface area contributed by atoms with E-state index in [0.29, 0.717) is 23.5 Å². The molecule has 0 bridgehead atoms. The summed E-state index contributed by atoms with van der Waals surface area (Å²) in [6, 6.07) is 16.9. The molecule has 4 aromatic rings. The number of piperazine rings is 1. The van der Waals surface area contributed by atoms with E-state index in [4.69, 9.17) is 0 Å². The fourth-order valence-electron chi connectivity index (χ4n) is 3.78. The molecular formula is C22H19N3O3S3. The summed E-state index contributed by atoms with van der Waals surface area (Å²) in [7, 11) is -3.60. The van der Waals surface area contributed by atoms with Crippen LogP contribution >= 0.6 is 22.9 Å². The monoisotopic (exact) mass is 469 g/mol. The summed E-state index contributed by atoms with van der Waals surface area (Å²) in [5, 5.41) is 2.47. The Morgan fingerprint density at radius 2 is 1.77 bits per heavy atom. The summed E-state index contributed by atoms with van der Waals surface area (Å²) in [6.45, 7) is 1.30. The lowest BCUT2D eigenvalue weighted by atomic mass is 10.1. The average Bonchev–Trinajstić information content (AvgIpc) is 3.49.